The molecule has 0 amide bonds. The molecule has 0 aromatic heterocycles. The van der Waals surface area contributed by atoms with Crippen molar-refractivity contribution < 1.29 is 9.90 Å². The van der Waals surface area contributed by atoms with Crippen LogP contribution in [0.2, 0.25) is 0 Å². The highest BCUT2D eigenvalue weighted by Gasteiger charge is 2.11. The molecule has 0 fully saturated rings. The zero-order valence-electron chi connectivity index (χ0n) is 8.75. The van der Waals surface area contributed by atoms with E-state index in [1.54, 1.807) is 0 Å². The number of allylic oxidation sites excluding steroid dienone is 3. The second kappa shape index (κ2) is 5.63. The number of hydrogen-bond acceptors (Lipinski definition) is 1. The van der Waals surface area contributed by atoms with Crippen molar-refractivity contribution in [2.24, 2.45) is 0 Å². The topological polar surface area (TPSA) is 37.3 Å². The van der Waals surface area contributed by atoms with E-state index in [9.17, 15) is 4.79 Å². The number of aliphatic carboxylic acids is 1. The number of carboxylic acids is 1. The summed E-state index contributed by atoms with van der Waals surface area (Å²) >= 11 is 0. The van der Waals surface area contributed by atoms with E-state index in [4.69, 9.17) is 5.11 Å². The van der Waals surface area contributed by atoms with E-state index in [-0.39, 0.29) is 0 Å². The van der Waals surface area contributed by atoms with Crippen LogP contribution in [-0.4, -0.2) is 11.1 Å². The van der Waals surface area contributed by atoms with Crippen molar-refractivity contribution in [2.45, 2.75) is 45.4 Å². The van der Waals surface area contributed by atoms with Crippen LogP contribution in [0.5, 0.6) is 0 Å². The lowest BCUT2D eigenvalue weighted by Crippen LogP contribution is -1.93. The molecule has 0 radical (unpaired) electrons. The lowest BCUT2D eigenvalue weighted by Gasteiger charge is -2.03. The highest BCUT2D eigenvalue weighted by molar-refractivity contribution is 5.82. The van der Waals surface area contributed by atoms with Crippen molar-refractivity contribution in [3.05, 3.63) is 23.3 Å². The molecule has 0 spiro atoms. The highest BCUT2D eigenvalue weighted by atomic mass is 16.4. The number of carbonyl (C=O) groups is 1. The third-order valence-electron chi connectivity index (χ3n) is 2.56. The van der Waals surface area contributed by atoms with Gasteiger partial charge in [0, 0.05) is 6.08 Å². The van der Waals surface area contributed by atoms with E-state index < -0.39 is 5.97 Å². The summed E-state index contributed by atoms with van der Waals surface area (Å²) in [7, 11) is 0. The van der Waals surface area contributed by atoms with Crippen molar-refractivity contribution >= 4 is 5.97 Å². The van der Waals surface area contributed by atoms with Gasteiger partial charge < -0.3 is 5.11 Å². The molecule has 0 bridgehead atoms. The summed E-state index contributed by atoms with van der Waals surface area (Å²) in [5.41, 5.74) is 2.30. The minimum absolute atomic E-state index is 0.816. The average molecular weight is 194 g/mol. The monoisotopic (exact) mass is 194 g/mol. The van der Waals surface area contributed by atoms with Crippen LogP contribution in [0.1, 0.15) is 45.4 Å². The normalized spacial score (nSPS) is 18.6. The molecule has 0 saturated carbocycles. The Morgan fingerprint density at radius 3 is 3.00 bits per heavy atom. The standard InChI is InChI=1S/C12H18O2/c1-2-3-4-6-10-7-5-8-11(10)9-12(13)14/h7,9H,2-6,8H2,1H3,(H,13,14)/b11-9+. The SMILES string of the molecule is CCCCCC1=CCC/C1=C\C(=O)O. The number of carboxylic acid groups (broad SMARTS) is 1. The van der Waals surface area contributed by atoms with Crippen LogP contribution in [0.3, 0.4) is 0 Å². The first-order valence-corrected chi connectivity index (χ1v) is 5.37. The van der Waals surface area contributed by atoms with Crippen molar-refractivity contribution in [3.63, 3.8) is 0 Å². The Balaban J connectivity index is 2.47. The Morgan fingerprint density at radius 1 is 1.57 bits per heavy atom. The van der Waals surface area contributed by atoms with Gasteiger partial charge in [-0.3, -0.25) is 0 Å². The summed E-state index contributed by atoms with van der Waals surface area (Å²) in [6, 6.07) is 0. The maximum Gasteiger partial charge on any atom is 0.328 e. The molecule has 0 aliphatic heterocycles. The lowest BCUT2D eigenvalue weighted by atomic mass is 10.0. The lowest BCUT2D eigenvalue weighted by molar-refractivity contribution is -0.131. The Kier molecular flexibility index (Phi) is 4.44. The zero-order valence-corrected chi connectivity index (χ0v) is 8.75. The summed E-state index contributed by atoms with van der Waals surface area (Å²) in [5, 5.41) is 8.66. The molecule has 0 saturated heterocycles. The highest BCUT2D eigenvalue weighted by Crippen LogP contribution is 2.28. The molecule has 1 aliphatic carbocycles. The molecular weight excluding hydrogens is 176 g/mol. The van der Waals surface area contributed by atoms with Gasteiger partial charge in [-0.2, -0.15) is 0 Å². The molecule has 14 heavy (non-hydrogen) atoms. The fourth-order valence-corrected chi connectivity index (χ4v) is 1.84. The van der Waals surface area contributed by atoms with Crippen molar-refractivity contribution in [2.75, 3.05) is 0 Å². The first kappa shape index (κ1) is 11.0. The smallest absolute Gasteiger partial charge is 0.328 e. The molecule has 78 valence electrons. The molecular formula is C12H18O2. The van der Waals surface area contributed by atoms with E-state index >= 15 is 0 Å². The Hall–Kier alpha value is -1.05. The molecule has 1 aliphatic rings. The van der Waals surface area contributed by atoms with Crippen molar-refractivity contribution in [3.8, 4) is 0 Å². The molecule has 2 nitrogen and oxygen atoms in total. The predicted octanol–water partition coefficient (Wildman–Crippen LogP) is 3.30. The van der Waals surface area contributed by atoms with Gasteiger partial charge in [-0.1, -0.05) is 25.8 Å². The van der Waals surface area contributed by atoms with Gasteiger partial charge in [0.2, 0.25) is 0 Å². The largest absolute Gasteiger partial charge is 0.478 e. The van der Waals surface area contributed by atoms with E-state index in [1.165, 1.54) is 30.9 Å². The van der Waals surface area contributed by atoms with Crippen molar-refractivity contribution in [1.29, 1.82) is 0 Å². The van der Waals surface area contributed by atoms with E-state index in [1.807, 2.05) is 0 Å². The first-order chi connectivity index (χ1) is 6.74. The Morgan fingerprint density at radius 2 is 2.36 bits per heavy atom. The first-order valence-electron chi connectivity index (χ1n) is 5.37. The van der Waals surface area contributed by atoms with Crippen LogP contribution in [0.15, 0.2) is 23.3 Å². The average Bonchev–Trinajstić information content (AvgIpc) is 2.52. The summed E-state index contributed by atoms with van der Waals surface area (Å²) in [6.07, 6.45) is 10.2. The maximum atomic E-state index is 10.5. The van der Waals surface area contributed by atoms with Gasteiger partial charge in [-0.05, 0) is 36.8 Å². The molecule has 0 heterocycles. The van der Waals surface area contributed by atoms with Gasteiger partial charge in [-0.25, -0.2) is 4.79 Å². The molecule has 0 unspecified atom stereocenters. The van der Waals surface area contributed by atoms with Crippen LogP contribution < -0.4 is 0 Å². The van der Waals surface area contributed by atoms with Crippen LogP contribution >= 0.6 is 0 Å². The predicted molar refractivity (Wildman–Crippen MR) is 57.2 cm³/mol. The summed E-state index contributed by atoms with van der Waals surface area (Å²) in [6.45, 7) is 2.18. The molecule has 1 N–H and O–H groups in total. The van der Waals surface area contributed by atoms with Gasteiger partial charge >= 0.3 is 5.97 Å². The fraction of sp³-hybridized carbons (Fsp3) is 0.583. The van der Waals surface area contributed by atoms with Gasteiger partial charge in [0.1, 0.15) is 0 Å². The minimum Gasteiger partial charge on any atom is -0.478 e. The molecule has 0 aromatic carbocycles. The molecule has 2 heteroatoms. The Bertz CT molecular complexity index is 261. The number of rotatable bonds is 5. The molecule has 1 rings (SSSR count). The summed E-state index contributed by atoms with van der Waals surface area (Å²) in [4.78, 5) is 10.5. The van der Waals surface area contributed by atoms with E-state index in [2.05, 4.69) is 13.0 Å². The van der Waals surface area contributed by atoms with E-state index in [0.717, 1.165) is 24.8 Å². The van der Waals surface area contributed by atoms with Crippen molar-refractivity contribution in [1.82, 2.24) is 0 Å². The number of hydrogen-bond donors (Lipinski definition) is 1. The fourth-order valence-electron chi connectivity index (χ4n) is 1.84. The van der Waals surface area contributed by atoms with Crippen LogP contribution in [-0.2, 0) is 4.79 Å². The second-order valence-corrected chi connectivity index (χ2v) is 3.73. The van der Waals surface area contributed by atoms with Crippen LogP contribution in [0.4, 0.5) is 0 Å². The Labute approximate surface area is 85.3 Å². The van der Waals surface area contributed by atoms with Gasteiger partial charge in [0.15, 0.2) is 0 Å². The third-order valence-corrected chi connectivity index (χ3v) is 2.56. The maximum absolute atomic E-state index is 10.5. The zero-order chi connectivity index (χ0) is 10.4. The van der Waals surface area contributed by atoms with Crippen LogP contribution in [0.25, 0.3) is 0 Å². The second-order valence-electron chi connectivity index (χ2n) is 3.73. The molecule has 0 aromatic rings. The third kappa shape index (κ3) is 3.36. The quantitative estimate of drug-likeness (QED) is 0.538. The van der Waals surface area contributed by atoms with Gasteiger partial charge in [0.25, 0.3) is 0 Å². The van der Waals surface area contributed by atoms with Gasteiger partial charge in [-0.15, -0.1) is 0 Å². The summed E-state index contributed by atoms with van der Waals surface area (Å²) < 4.78 is 0. The summed E-state index contributed by atoms with van der Waals surface area (Å²) in [5.74, 6) is -0.816. The van der Waals surface area contributed by atoms with E-state index in [0.29, 0.717) is 0 Å². The van der Waals surface area contributed by atoms with Crippen LogP contribution in [0, 0.1) is 0 Å². The minimum atomic E-state index is -0.816. The number of unbranched alkanes of at least 4 members (excludes halogenated alkanes) is 2. The van der Waals surface area contributed by atoms with Gasteiger partial charge in [0.05, 0.1) is 0 Å². The molecule has 0 atom stereocenters.